The number of hydrogen-bond acceptors (Lipinski definition) is 7. The number of aromatic amines is 1. The number of imide groups is 1. The lowest BCUT2D eigenvalue weighted by Crippen LogP contribution is -2.43. The lowest BCUT2D eigenvalue weighted by atomic mass is 9.87. The molecule has 1 atom stereocenters. The number of aromatic nitrogens is 3. The number of nitrogens with one attached hydrogen (secondary N) is 3. The van der Waals surface area contributed by atoms with Crippen molar-refractivity contribution in [3.63, 3.8) is 0 Å². The summed E-state index contributed by atoms with van der Waals surface area (Å²) in [4.78, 5) is 56.1. The fraction of sp³-hybridized carbons (Fsp3) is 0.408. The molecule has 1 unspecified atom stereocenters. The van der Waals surface area contributed by atoms with E-state index < -0.39 is 47.6 Å². The van der Waals surface area contributed by atoms with Gasteiger partial charge in [0.25, 0.3) is 11.8 Å². The second kappa shape index (κ2) is 19.8. The molecule has 4 aliphatic heterocycles. The molecule has 3 fully saturated rings. The molecule has 9 rings (SSSR count). The van der Waals surface area contributed by atoms with Gasteiger partial charge in [0, 0.05) is 88.4 Å². The number of carbonyl (C=O) groups is 4. The van der Waals surface area contributed by atoms with E-state index in [1.165, 1.54) is 34.1 Å². The molecular formula is C49H52F6N8O4. The van der Waals surface area contributed by atoms with E-state index in [1.54, 1.807) is 60.3 Å². The van der Waals surface area contributed by atoms with Gasteiger partial charge in [-0.25, -0.2) is 26.3 Å². The number of aryl methyl sites for hydroxylation is 1. The molecule has 6 heterocycles. The van der Waals surface area contributed by atoms with Crippen LogP contribution in [0.3, 0.4) is 0 Å². The van der Waals surface area contributed by atoms with Crippen molar-refractivity contribution in [1.29, 1.82) is 0 Å². The number of hydrogen-bond donors (Lipinski definition) is 3. The van der Waals surface area contributed by atoms with E-state index in [4.69, 9.17) is 0 Å². The topological polar surface area (TPSA) is 136 Å². The number of anilines is 1. The number of rotatable bonds is 9. The number of alkyl halides is 2. The lowest BCUT2D eigenvalue weighted by molar-refractivity contribution is -0.134. The molecule has 0 aliphatic carbocycles. The first-order valence-corrected chi connectivity index (χ1v) is 22.5. The Balaban J connectivity index is 0.000000222. The lowest BCUT2D eigenvalue weighted by Gasteiger charge is -2.34. The van der Waals surface area contributed by atoms with Crippen molar-refractivity contribution in [2.45, 2.75) is 75.7 Å². The fourth-order valence-corrected chi connectivity index (χ4v) is 9.43. The summed E-state index contributed by atoms with van der Waals surface area (Å²) in [7, 11) is 3.16. The number of carbonyl (C=O) groups excluding carboxylic acids is 4. The second-order valence-electron chi connectivity index (χ2n) is 17.8. The van der Waals surface area contributed by atoms with Gasteiger partial charge in [0.15, 0.2) is 17.5 Å². The number of benzene rings is 3. The average molecular weight is 931 g/mol. The fourth-order valence-electron chi connectivity index (χ4n) is 9.43. The SMILES string of the molecule is CN(C)C(=O)c1cc2c(-c3ccc(C4CCNCC4)c(F)c3F)cc(C3=CCCN(C(=O)CCn4cccn4)C3)c(F)c2[nH]1.O=C1CCC(c2ccc(N3CCCC(F)(F)C3)c(F)c2)C(=O)N1. The molecular weight excluding hydrogens is 879 g/mol. The van der Waals surface area contributed by atoms with Crippen LogP contribution in [0.25, 0.3) is 27.6 Å². The van der Waals surface area contributed by atoms with Crippen LogP contribution in [0.15, 0.2) is 67.0 Å². The zero-order valence-electron chi connectivity index (χ0n) is 37.2. The molecule has 2 aromatic heterocycles. The summed E-state index contributed by atoms with van der Waals surface area (Å²) in [5.41, 5.74) is 2.05. The molecule has 0 saturated carbocycles. The van der Waals surface area contributed by atoms with E-state index in [0.717, 1.165) is 13.1 Å². The number of H-pyrrole nitrogens is 1. The third-order valence-electron chi connectivity index (χ3n) is 13.0. The van der Waals surface area contributed by atoms with E-state index in [9.17, 15) is 32.3 Å². The highest BCUT2D eigenvalue weighted by Gasteiger charge is 2.37. The number of nitrogens with zero attached hydrogens (tertiary/aromatic N) is 5. The molecule has 67 heavy (non-hydrogen) atoms. The summed E-state index contributed by atoms with van der Waals surface area (Å²) < 4.78 is 90.8. The van der Waals surface area contributed by atoms with Crippen molar-refractivity contribution in [1.82, 2.24) is 35.2 Å². The molecule has 3 saturated heterocycles. The van der Waals surface area contributed by atoms with Crippen molar-refractivity contribution in [3.8, 4) is 11.1 Å². The minimum Gasteiger partial charge on any atom is -0.363 e. The molecule has 3 aromatic carbocycles. The van der Waals surface area contributed by atoms with Gasteiger partial charge in [-0.1, -0.05) is 24.3 Å². The van der Waals surface area contributed by atoms with Crippen molar-refractivity contribution in [3.05, 3.63) is 113 Å². The highest BCUT2D eigenvalue weighted by atomic mass is 19.3. The normalized spacial score (nSPS) is 18.9. The summed E-state index contributed by atoms with van der Waals surface area (Å²) in [6.07, 6.45) is 8.13. The Hall–Kier alpha value is -6.43. The maximum Gasteiger partial charge on any atom is 0.269 e. The highest BCUT2D eigenvalue weighted by Crippen LogP contribution is 2.40. The third kappa shape index (κ3) is 10.3. The minimum absolute atomic E-state index is 0.0159. The van der Waals surface area contributed by atoms with Gasteiger partial charge in [-0.05, 0) is 104 Å². The van der Waals surface area contributed by atoms with E-state index in [0.29, 0.717) is 68.4 Å². The number of fused-ring (bicyclic) bond motifs is 1. The summed E-state index contributed by atoms with van der Waals surface area (Å²) in [6, 6.07) is 12.2. The maximum absolute atomic E-state index is 16.3. The maximum atomic E-state index is 16.3. The summed E-state index contributed by atoms with van der Waals surface area (Å²) in [6.45, 7) is 2.43. The van der Waals surface area contributed by atoms with Gasteiger partial charge in [-0.2, -0.15) is 5.10 Å². The van der Waals surface area contributed by atoms with Crippen LogP contribution in [-0.2, 0) is 20.9 Å². The van der Waals surface area contributed by atoms with Crippen LogP contribution >= 0.6 is 0 Å². The number of halogens is 6. The Morgan fingerprint density at radius 2 is 1.70 bits per heavy atom. The molecule has 4 aliphatic rings. The van der Waals surface area contributed by atoms with Crippen LogP contribution < -0.4 is 15.5 Å². The second-order valence-corrected chi connectivity index (χ2v) is 17.8. The van der Waals surface area contributed by atoms with E-state index in [1.807, 2.05) is 6.08 Å². The molecule has 354 valence electrons. The largest absolute Gasteiger partial charge is 0.363 e. The Kier molecular flexibility index (Phi) is 13.9. The van der Waals surface area contributed by atoms with Gasteiger partial charge >= 0.3 is 0 Å². The molecule has 12 nitrogen and oxygen atoms in total. The summed E-state index contributed by atoms with van der Waals surface area (Å²) in [5, 5.41) is 9.88. The van der Waals surface area contributed by atoms with Crippen molar-refractivity contribution in [2.24, 2.45) is 0 Å². The predicted molar refractivity (Wildman–Crippen MR) is 240 cm³/mol. The Morgan fingerprint density at radius 3 is 2.40 bits per heavy atom. The quantitative estimate of drug-likeness (QED) is 0.101. The van der Waals surface area contributed by atoms with Gasteiger partial charge in [-0.3, -0.25) is 29.2 Å². The van der Waals surface area contributed by atoms with Crippen LogP contribution in [0.1, 0.15) is 90.4 Å². The monoisotopic (exact) mass is 930 g/mol. The van der Waals surface area contributed by atoms with Crippen LogP contribution in [0.4, 0.5) is 32.0 Å². The molecule has 5 aromatic rings. The Labute approximate surface area is 383 Å². The van der Waals surface area contributed by atoms with Gasteiger partial charge in [0.1, 0.15) is 11.5 Å². The van der Waals surface area contributed by atoms with Gasteiger partial charge < -0.3 is 25.0 Å². The first-order valence-electron chi connectivity index (χ1n) is 22.5. The van der Waals surface area contributed by atoms with Gasteiger partial charge in [0.2, 0.25) is 17.7 Å². The summed E-state index contributed by atoms with van der Waals surface area (Å²) >= 11 is 0. The Morgan fingerprint density at radius 1 is 0.910 bits per heavy atom. The minimum atomic E-state index is -2.81. The summed E-state index contributed by atoms with van der Waals surface area (Å²) in [5.74, 6) is -7.89. The Bertz CT molecular complexity index is 2710. The van der Waals surface area contributed by atoms with Gasteiger partial charge in [0.05, 0.1) is 23.7 Å². The average Bonchev–Trinajstić information content (AvgIpc) is 4.01. The van der Waals surface area contributed by atoms with Crippen molar-refractivity contribution < 1.29 is 45.5 Å². The molecule has 3 N–H and O–H groups in total. The standard InChI is InChI=1S/C33H35F3N6O2.C16H17F3N2O2/c1-40(2)33(44)27-18-26-25(23-7-6-22(29(34)30(23)35)20-8-12-37-13-9-20)17-24(31(36)32(26)39-27)21-5-3-14-41(19-21)28(43)10-16-42-15-4-11-38-42;17-12-8-10(11-3-5-14(22)20-15(11)23)2-4-13(12)21-7-1-6-16(18,19)9-21/h4-7,11,15,17-18,20,37,39H,3,8-10,12-14,16,19H2,1-2H3;2,4,8,11H,1,3,5-7,9H2,(H,20,22,23). The first kappa shape index (κ1) is 47.1. The molecule has 4 amide bonds. The van der Waals surface area contributed by atoms with Crippen LogP contribution in [0.2, 0.25) is 0 Å². The van der Waals surface area contributed by atoms with E-state index in [-0.39, 0.29) is 88.4 Å². The molecule has 0 bridgehead atoms. The predicted octanol–water partition coefficient (Wildman–Crippen LogP) is 7.90. The van der Waals surface area contributed by atoms with E-state index in [2.05, 4.69) is 20.7 Å². The molecule has 0 radical (unpaired) electrons. The third-order valence-corrected chi connectivity index (χ3v) is 13.0. The van der Waals surface area contributed by atoms with Crippen LogP contribution in [0.5, 0.6) is 0 Å². The zero-order chi connectivity index (χ0) is 47.6. The first-order chi connectivity index (χ1) is 32.1. The van der Waals surface area contributed by atoms with Crippen molar-refractivity contribution >= 4 is 45.8 Å². The smallest absolute Gasteiger partial charge is 0.269 e. The molecule has 18 heteroatoms. The molecule has 0 spiro atoms. The highest BCUT2D eigenvalue weighted by molar-refractivity contribution is 6.05. The zero-order valence-corrected chi connectivity index (χ0v) is 37.2. The number of amides is 4. The number of piperidine rings is 3. The van der Waals surface area contributed by atoms with Crippen LogP contribution in [0, 0.1) is 23.3 Å². The van der Waals surface area contributed by atoms with E-state index >= 15 is 13.2 Å². The van der Waals surface area contributed by atoms with Crippen LogP contribution in [-0.4, -0.2) is 107 Å². The van der Waals surface area contributed by atoms with Gasteiger partial charge in [-0.15, -0.1) is 0 Å². The van der Waals surface area contributed by atoms with Crippen molar-refractivity contribution in [2.75, 3.05) is 58.3 Å².